The summed E-state index contributed by atoms with van der Waals surface area (Å²) in [5, 5.41) is 119. The van der Waals surface area contributed by atoms with Crippen LogP contribution in [-0.4, -0.2) is 193 Å². The van der Waals surface area contributed by atoms with Crippen LogP contribution in [-0.2, 0) is 33.2 Å². The number of carbonyl (C=O) groups excluding carboxylic acids is 1. The first-order chi connectivity index (χ1) is 31.8. The topological polar surface area (TPSA) is 307 Å². The molecule has 17 unspecified atom stereocenters. The van der Waals surface area contributed by atoms with Crippen molar-refractivity contribution in [3.63, 3.8) is 0 Å². The van der Waals surface area contributed by atoms with E-state index in [1.807, 2.05) is 24.3 Å². The molecule has 3 fully saturated rings. The second-order valence-electron chi connectivity index (χ2n) is 16.8. The Hall–Kier alpha value is -2.51. The van der Waals surface area contributed by atoms with Crippen LogP contribution in [0.4, 0.5) is 0 Å². The summed E-state index contributed by atoms with van der Waals surface area (Å²) in [6, 6.07) is -1.01. The Morgan fingerprint density at radius 2 is 1.05 bits per heavy atom. The number of amides is 1. The minimum absolute atomic E-state index is 0.118. The molecule has 19 nitrogen and oxygen atoms in total. The first-order valence-corrected chi connectivity index (χ1v) is 23.5. The van der Waals surface area contributed by atoms with Crippen molar-refractivity contribution in [3.8, 4) is 0 Å². The summed E-state index contributed by atoms with van der Waals surface area (Å²) in [4.78, 5) is 13.1. The number of carbonyl (C=O) groups is 1. The number of aliphatic hydroxyl groups is 11. The fourth-order valence-corrected chi connectivity index (χ4v) is 7.61. The van der Waals surface area contributed by atoms with Crippen LogP contribution in [0.5, 0.6) is 0 Å². The molecule has 0 aliphatic carbocycles. The molecular weight excluding hydrogens is 867 g/mol. The van der Waals surface area contributed by atoms with Crippen LogP contribution in [0.25, 0.3) is 0 Å². The van der Waals surface area contributed by atoms with Gasteiger partial charge in [0.05, 0.1) is 38.6 Å². The van der Waals surface area contributed by atoms with Gasteiger partial charge in [-0.15, -0.1) is 0 Å². The quantitative estimate of drug-likeness (QED) is 0.0338. The summed E-state index contributed by atoms with van der Waals surface area (Å²) in [6.07, 6.45) is 4.26. The maximum absolute atomic E-state index is 13.1. The largest absolute Gasteiger partial charge is 0.394 e. The molecule has 66 heavy (non-hydrogen) atoms. The minimum Gasteiger partial charge on any atom is -0.394 e. The molecule has 0 aromatic heterocycles. The van der Waals surface area contributed by atoms with Gasteiger partial charge in [-0.3, -0.25) is 4.79 Å². The zero-order chi connectivity index (χ0) is 48.4. The lowest BCUT2D eigenvalue weighted by atomic mass is 9.96. The van der Waals surface area contributed by atoms with E-state index in [-0.39, 0.29) is 18.9 Å². The molecular formula is C47H79NO18. The van der Waals surface area contributed by atoms with Crippen molar-refractivity contribution in [1.82, 2.24) is 5.32 Å². The lowest BCUT2D eigenvalue weighted by molar-refractivity contribution is -0.379. The van der Waals surface area contributed by atoms with E-state index in [9.17, 15) is 61.0 Å². The summed E-state index contributed by atoms with van der Waals surface area (Å²) in [5.41, 5.74) is 0. The van der Waals surface area contributed by atoms with E-state index in [0.29, 0.717) is 19.3 Å². The fraction of sp³-hybridized carbons (Fsp3) is 0.766. The number of aliphatic hydroxyl groups excluding tert-OH is 11. The zero-order valence-corrected chi connectivity index (χ0v) is 38.4. The molecule has 0 radical (unpaired) electrons. The molecule has 17 atom stereocenters. The molecule has 0 aromatic rings. The second-order valence-corrected chi connectivity index (χ2v) is 16.8. The minimum atomic E-state index is -1.98. The summed E-state index contributed by atoms with van der Waals surface area (Å²) < 4.78 is 33.9. The second kappa shape index (κ2) is 32.3. The summed E-state index contributed by atoms with van der Waals surface area (Å²) in [5.74, 6) is -0.364. The van der Waals surface area contributed by atoms with Gasteiger partial charge in [-0.05, 0) is 44.9 Å². The van der Waals surface area contributed by atoms with Gasteiger partial charge in [-0.2, -0.15) is 0 Å². The Morgan fingerprint density at radius 1 is 0.561 bits per heavy atom. The van der Waals surface area contributed by atoms with Gasteiger partial charge in [-0.25, -0.2) is 0 Å². The summed E-state index contributed by atoms with van der Waals surface area (Å²) >= 11 is 0. The number of unbranched alkanes of at least 4 members (excludes halogenated alkanes) is 6. The highest BCUT2D eigenvalue weighted by atomic mass is 16.8. The van der Waals surface area contributed by atoms with Gasteiger partial charge in [0.1, 0.15) is 73.2 Å². The van der Waals surface area contributed by atoms with Gasteiger partial charge in [0, 0.05) is 6.42 Å². The van der Waals surface area contributed by atoms with E-state index in [2.05, 4.69) is 49.5 Å². The highest BCUT2D eigenvalue weighted by Gasteiger charge is 2.53. The lowest BCUT2D eigenvalue weighted by Crippen LogP contribution is -2.66. The van der Waals surface area contributed by atoms with Crippen LogP contribution in [0.15, 0.2) is 60.8 Å². The van der Waals surface area contributed by atoms with Crippen molar-refractivity contribution in [3.05, 3.63) is 60.8 Å². The van der Waals surface area contributed by atoms with Crippen molar-refractivity contribution in [2.45, 2.75) is 202 Å². The van der Waals surface area contributed by atoms with Gasteiger partial charge in [0.2, 0.25) is 5.91 Å². The molecule has 3 saturated heterocycles. The zero-order valence-electron chi connectivity index (χ0n) is 38.4. The highest BCUT2D eigenvalue weighted by molar-refractivity contribution is 5.76. The Bertz CT molecular complexity index is 1460. The molecule has 3 aliphatic rings. The van der Waals surface area contributed by atoms with Crippen molar-refractivity contribution in [2.24, 2.45) is 0 Å². The van der Waals surface area contributed by atoms with Gasteiger partial charge < -0.3 is 89.9 Å². The number of ether oxygens (including phenoxy) is 6. The molecule has 3 heterocycles. The number of rotatable bonds is 30. The van der Waals surface area contributed by atoms with E-state index in [1.165, 1.54) is 12.8 Å². The molecule has 0 bridgehead atoms. The van der Waals surface area contributed by atoms with Gasteiger partial charge in [-0.1, -0.05) is 107 Å². The molecule has 1 amide bonds. The number of hydrogen-bond donors (Lipinski definition) is 12. The first kappa shape index (κ1) is 57.8. The normalized spacial score (nSPS) is 34.3. The molecule has 3 aliphatic heterocycles. The number of allylic oxidation sites excluding steroid dienone is 9. The van der Waals surface area contributed by atoms with Crippen LogP contribution in [0, 0.1) is 0 Å². The Kier molecular flexibility index (Phi) is 28.3. The molecule has 0 aromatic carbocycles. The van der Waals surface area contributed by atoms with E-state index >= 15 is 0 Å². The third kappa shape index (κ3) is 18.8. The lowest BCUT2D eigenvalue weighted by Gasteiger charge is -2.48. The molecule has 19 heteroatoms. The van der Waals surface area contributed by atoms with Crippen molar-refractivity contribution >= 4 is 5.91 Å². The Labute approximate surface area is 388 Å². The Morgan fingerprint density at radius 3 is 1.61 bits per heavy atom. The van der Waals surface area contributed by atoms with E-state index in [0.717, 1.165) is 44.9 Å². The van der Waals surface area contributed by atoms with Gasteiger partial charge in [0.25, 0.3) is 0 Å². The summed E-state index contributed by atoms with van der Waals surface area (Å²) in [6.45, 7) is 1.42. The first-order valence-electron chi connectivity index (χ1n) is 23.5. The molecule has 380 valence electrons. The summed E-state index contributed by atoms with van der Waals surface area (Å²) in [7, 11) is 0. The molecule has 3 rings (SSSR count). The van der Waals surface area contributed by atoms with Crippen LogP contribution in [0.1, 0.15) is 97.3 Å². The third-order valence-electron chi connectivity index (χ3n) is 11.6. The number of hydrogen-bond acceptors (Lipinski definition) is 18. The maximum Gasteiger partial charge on any atom is 0.220 e. The molecule has 12 N–H and O–H groups in total. The maximum atomic E-state index is 13.1. The van der Waals surface area contributed by atoms with Crippen molar-refractivity contribution in [2.75, 3.05) is 26.4 Å². The van der Waals surface area contributed by atoms with E-state index in [4.69, 9.17) is 28.4 Å². The monoisotopic (exact) mass is 946 g/mol. The predicted octanol–water partition coefficient (Wildman–Crippen LogP) is 0.189. The third-order valence-corrected chi connectivity index (χ3v) is 11.6. The van der Waals surface area contributed by atoms with E-state index in [1.54, 1.807) is 6.08 Å². The van der Waals surface area contributed by atoms with Crippen LogP contribution >= 0.6 is 0 Å². The Balaban J connectivity index is 1.61. The van der Waals surface area contributed by atoms with E-state index < -0.39 is 124 Å². The van der Waals surface area contributed by atoms with Crippen molar-refractivity contribution < 1.29 is 89.4 Å². The van der Waals surface area contributed by atoms with Gasteiger partial charge in [0.15, 0.2) is 18.9 Å². The predicted molar refractivity (Wildman–Crippen MR) is 240 cm³/mol. The average Bonchev–Trinajstić information content (AvgIpc) is 3.31. The molecule has 0 saturated carbocycles. The fourth-order valence-electron chi connectivity index (χ4n) is 7.61. The average molecular weight is 946 g/mol. The van der Waals surface area contributed by atoms with Gasteiger partial charge >= 0.3 is 0 Å². The highest BCUT2D eigenvalue weighted by Crippen LogP contribution is 2.33. The van der Waals surface area contributed by atoms with Crippen LogP contribution in [0.3, 0.4) is 0 Å². The SMILES string of the molecule is CC/C=C\C/C=C\C/C=C\C/C=C\CCC(=O)NC(COC1OC(CO)C(OC2OC(CO)C(OC3OC(CO)C(O)C(O)C3O)C(O)C2O)C(O)C1O)C(O)/C=C/CCCCCCCC. The smallest absolute Gasteiger partial charge is 0.220 e. The van der Waals surface area contributed by atoms with Crippen LogP contribution < -0.4 is 5.32 Å². The van der Waals surface area contributed by atoms with Crippen LogP contribution in [0.2, 0.25) is 0 Å². The van der Waals surface area contributed by atoms with Crippen molar-refractivity contribution in [1.29, 1.82) is 0 Å². The standard InChI is InChI=1S/C47H79NO18/c1-3-5-7-9-11-13-14-15-16-17-19-21-23-25-35(53)48-30(31(52)24-22-20-18-12-10-8-6-4-2)29-61-45-41(59)38(56)43(33(27-50)63-45)66-47-42(60)39(57)44(34(28-51)64-47)65-46-40(58)37(55)36(54)32(26-49)62-46/h5,7,11,13,15-16,19,21-22,24,30-34,36-47,49-52,54-60H,3-4,6,8-10,12,14,17-18,20,23,25-29H2,1-2H3,(H,48,53)/b7-5-,13-11-,16-15-,21-19-,24-22+. The molecule has 0 spiro atoms. The number of nitrogens with one attached hydrogen (secondary N) is 1.